The lowest BCUT2D eigenvalue weighted by molar-refractivity contribution is -0.384. The molecule has 1 aliphatic heterocycles. The van der Waals surface area contributed by atoms with Crippen LogP contribution in [0.2, 0.25) is 10.0 Å². The zero-order valence-electron chi connectivity index (χ0n) is 15.7. The standard InChI is InChI=1S/C21H13Cl2N3O5/c22-13-3-1-12(2-4-13)11-25-20(27)18(24-21(25)28)10-15-6-8-19(31-15)16-9-14(26(29)30)5-7-17(16)23/h1-10H,11H2,(H,24,28)/b18-10-. The van der Waals surface area contributed by atoms with E-state index in [-0.39, 0.29) is 34.5 Å². The van der Waals surface area contributed by atoms with Crippen molar-refractivity contribution >= 4 is 46.9 Å². The molecule has 3 amide bonds. The lowest BCUT2D eigenvalue weighted by Gasteiger charge is -2.11. The van der Waals surface area contributed by atoms with E-state index >= 15 is 0 Å². The van der Waals surface area contributed by atoms with Crippen LogP contribution in [0.3, 0.4) is 0 Å². The van der Waals surface area contributed by atoms with Crippen LogP contribution in [0.4, 0.5) is 10.5 Å². The predicted molar refractivity (Wildman–Crippen MR) is 114 cm³/mol. The number of non-ortho nitro benzene ring substituents is 1. The van der Waals surface area contributed by atoms with E-state index in [4.69, 9.17) is 27.6 Å². The van der Waals surface area contributed by atoms with E-state index in [9.17, 15) is 19.7 Å². The number of carbonyl (C=O) groups is 2. The highest BCUT2D eigenvalue weighted by Crippen LogP contribution is 2.33. The maximum Gasteiger partial charge on any atom is 0.329 e. The number of urea groups is 1. The monoisotopic (exact) mass is 457 g/mol. The number of furan rings is 1. The van der Waals surface area contributed by atoms with Gasteiger partial charge in [0.2, 0.25) is 0 Å². The first-order valence-corrected chi connectivity index (χ1v) is 9.70. The summed E-state index contributed by atoms with van der Waals surface area (Å²) in [5.74, 6) is 0.0520. The largest absolute Gasteiger partial charge is 0.457 e. The molecule has 10 heteroatoms. The van der Waals surface area contributed by atoms with Crippen LogP contribution >= 0.6 is 23.2 Å². The summed E-state index contributed by atoms with van der Waals surface area (Å²) < 4.78 is 5.68. The maximum absolute atomic E-state index is 12.7. The maximum atomic E-state index is 12.7. The number of amides is 3. The van der Waals surface area contributed by atoms with Gasteiger partial charge in [0.25, 0.3) is 11.6 Å². The molecule has 31 heavy (non-hydrogen) atoms. The van der Waals surface area contributed by atoms with Crippen molar-refractivity contribution in [2.75, 3.05) is 0 Å². The molecule has 0 atom stereocenters. The minimum atomic E-state index is -0.556. The van der Waals surface area contributed by atoms with Crippen LogP contribution in [0.5, 0.6) is 0 Å². The Morgan fingerprint density at radius 3 is 2.52 bits per heavy atom. The van der Waals surface area contributed by atoms with Crippen LogP contribution in [0, 0.1) is 10.1 Å². The number of benzene rings is 2. The lowest BCUT2D eigenvalue weighted by Crippen LogP contribution is -2.30. The number of imide groups is 1. The highest BCUT2D eigenvalue weighted by molar-refractivity contribution is 6.33. The van der Waals surface area contributed by atoms with Crippen molar-refractivity contribution < 1.29 is 18.9 Å². The normalized spacial score (nSPS) is 14.9. The molecule has 8 nitrogen and oxygen atoms in total. The molecule has 0 saturated carbocycles. The molecule has 156 valence electrons. The van der Waals surface area contributed by atoms with Crippen molar-refractivity contribution in [3.8, 4) is 11.3 Å². The first kappa shape index (κ1) is 20.6. The molecule has 0 aliphatic carbocycles. The predicted octanol–water partition coefficient (Wildman–Crippen LogP) is 5.25. The molecule has 1 aromatic heterocycles. The van der Waals surface area contributed by atoms with Gasteiger partial charge >= 0.3 is 6.03 Å². The van der Waals surface area contributed by atoms with Crippen LogP contribution in [0.25, 0.3) is 17.4 Å². The van der Waals surface area contributed by atoms with Gasteiger partial charge in [-0.3, -0.25) is 19.8 Å². The number of halogens is 2. The van der Waals surface area contributed by atoms with E-state index in [0.29, 0.717) is 10.6 Å². The zero-order chi connectivity index (χ0) is 22.1. The van der Waals surface area contributed by atoms with Gasteiger partial charge in [0.05, 0.1) is 16.5 Å². The Bertz CT molecular complexity index is 1230. The number of hydrogen-bond donors (Lipinski definition) is 1. The number of carbonyl (C=O) groups excluding carboxylic acids is 2. The number of nitro benzene ring substituents is 1. The van der Waals surface area contributed by atoms with E-state index < -0.39 is 16.9 Å². The van der Waals surface area contributed by atoms with Crippen LogP contribution in [-0.2, 0) is 11.3 Å². The molecule has 1 saturated heterocycles. The number of nitrogens with zero attached hydrogens (tertiary/aromatic N) is 2. The summed E-state index contributed by atoms with van der Waals surface area (Å²) in [5, 5.41) is 14.4. The Morgan fingerprint density at radius 1 is 1.06 bits per heavy atom. The fourth-order valence-corrected chi connectivity index (χ4v) is 3.36. The van der Waals surface area contributed by atoms with Gasteiger partial charge in [0.15, 0.2) is 0 Å². The van der Waals surface area contributed by atoms with Crippen LogP contribution in [-0.4, -0.2) is 21.8 Å². The highest BCUT2D eigenvalue weighted by atomic mass is 35.5. The average Bonchev–Trinajstić information content (AvgIpc) is 3.30. The van der Waals surface area contributed by atoms with E-state index in [0.717, 1.165) is 10.5 Å². The minimum absolute atomic E-state index is 0.0463. The summed E-state index contributed by atoms with van der Waals surface area (Å²) in [6.07, 6.45) is 1.39. The van der Waals surface area contributed by atoms with E-state index in [1.165, 1.54) is 24.3 Å². The average molecular weight is 458 g/mol. The summed E-state index contributed by atoms with van der Waals surface area (Å²) in [6, 6.07) is 13.4. The third kappa shape index (κ3) is 4.30. The molecule has 1 N–H and O–H groups in total. The summed E-state index contributed by atoms with van der Waals surface area (Å²) in [4.78, 5) is 36.4. The molecule has 1 fully saturated rings. The van der Waals surface area contributed by atoms with Gasteiger partial charge in [-0.2, -0.15) is 0 Å². The van der Waals surface area contributed by atoms with Gasteiger partial charge in [-0.25, -0.2) is 4.79 Å². The fourth-order valence-electron chi connectivity index (χ4n) is 3.02. The first-order chi connectivity index (χ1) is 14.8. The quantitative estimate of drug-likeness (QED) is 0.243. The topological polar surface area (TPSA) is 106 Å². The van der Waals surface area contributed by atoms with E-state index in [2.05, 4.69) is 5.32 Å². The van der Waals surface area contributed by atoms with Crippen LogP contribution < -0.4 is 5.32 Å². The zero-order valence-corrected chi connectivity index (χ0v) is 17.2. The molecule has 0 unspecified atom stereocenters. The minimum Gasteiger partial charge on any atom is -0.457 e. The molecule has 1 aliphatic rings. The molecule has 4 rings (SSSR count). The third-order valence-corrected chi connectivity index (χ3v) is 5.14. The molecule has 3 aromatic rings. The summed E-state index contributed by atoms with van der Waals surface area (Å²) in [5.41, 5.74) is 0.998. The Morgan fingerprint density at radius 2 is 1.81 bits per heavy atom. The molecular weight excluding hydrogens is 445 g/mol. The molecule has 0 radical (unpaired) electrons. The van der Waals surface area contributed by atoms with Crippen LogP contribution in [0.15, 0.2) is 64.7 Å². The van der Waals surface area contributed by atoms with Gasteiger partial charge in [0.1, 0.15) is 17.2 Å². The lowest BCUT2D eigenvalue weighted by atomic mass is 10.1. The Balaban J connectivity index is 1.56. The van der Waals surface area contributed by atoms with Gasteiger partial charge < -0.3 is 9.73 Å². The van der Waals surface area contributed by atoms with Crippen molar-refractivity contribution in [2.24, 2.45) is 0 Å². The van der Waals surface area contributed by atoms with Gasteiger partial charge in [-0.05, 0) is 35.9 Å². The van der Waals surface area contributed by atoms with Crippen molar-refractivity contribution in [3.05, 3.63) is 91.8 Å². The second-order valence-electron chi connectivity index (χ2n) is 6.63. The number of rotatable bonds is 5. The second kappa shape index (κ2) is 8.25. The number of nitro groups is 1. The smallest absolute Gasteiger partial charge is 0.329 e. The van der Waals surface area contributed by atoms with Crippen LogP contribution in [0.1, 0.15) is 11.3 Å². The van der Waals surface area contributed by atoms with Gasteiger partial charge in [0, 0.05) is 28.8 Å². The highest BCUT2D eigenvalue weighted by Gasteiger charge is 2.33. The number of hydrogen-bond acceptors (Lipinski definition) is 5. The first-order valence-electron chi connectivity index (χ1n) is 8.95. The molecule has 0 bridgehead atoms. The number of nitrogens with one attached hydrogen (secondary N) is 1. The van der Waals surface area contributed by atoms with Gasteiger partial charge in [-0.15, -0.1) is 0 Å². The summed E-state index contributed by atoms with van der Waals surface area (Å²) in [6.45, 7) is 0.0892. The molecular formula is C21H13Cl2N3O5. The Hall–Kier alpha value is -3.62. The Labute approximate surface area is 185 Å². The fraction of sp³-hybridized carbons (Fsp3) is 0.0476. The Kier molecular flexibility index (Phi) is 5.50. The van der Waals surface area contributed by atoms with Crippen molar-refractivity contribution in [3.63, 3.8) is 0 Å². The van der Waals surface area contributed by atoms with Crippen molar-refractivity contribution in [2.45, 2.75) is 6.54 Å². The summed E-state index contributed by atoms with van der Waals surface area (Å²) >= 11 is 12.0. The molecule has 2 heterocycles. The van der Waals surface area contributed by atoms with Crippen molar-refractivity contribution in [1.29, 1.82) is 0 Å². The SMILES string of the molecule is O=C1N/C(=C\c2ccc(-c3cc([N+](=O)[O-])ccc3Cl)o2)C(=O)N1Cc1ccc(Cl)cc1. The van der Waals surface area contributed by atoms with E-state index in [1.807, 2.05) is 0 Å². The van der Waals surface area contributed by atoms with Gasteiger partial charge in [-0.1, -0.05) is 35.3 Å². The second-order valence-corrected chi connectivity index (χ2v) is 7.47. The molecule has 2 aromatic carbocycles. The van der Waals surface area contributed by atoms with E-state index in [1.54, 1.807) is 36.4 Å². The molecule has 0 spiro atoms. The summed E-state index contributed by atoms with van der Waals surface area (Å²) in [7, 11) is 0. The van der Waals surface area contributed by atoms with Crippen molar-refractivity contribution in [1.82, 2.24) is 10.2 Å². The third-order valence-electron chi connectivity index (χ3n) is 4.56.